The molecule has 0 aliphatic carbocycles. The molecule has 0 aromatic heterocycles. The average molecular weight is 371 g/mol. The Kier molecular flexibility index (Phi) is 5.96. The van der Waals surface area contributed by atoms with Crippen LogP contribution in [-0.4, -0.2) is 55.7 Å². The van der Waals surface area contributed by atoms with Gasteiger partial charge < -0.3 is 19.9 Å². The first-order valence-corrected chi connectivity index (χ1v) is 9.11. The minimum Gasteiger partial charge on any atom is -0.487 e. The maximum Gasteiger partial charge on any atom is 0.317 e. The molecule has 0 spiro atoms. The molecule has 1 heterocycles. The summed E-state index contributed by atoms with van der Waals surface area (Å²) >= 11 is 0. The number of hydrogen-bond acceptors (Lipinski definition) is 3. The van der Waals surface area contributed by atoms with Crippen molar-refractivity contribution in [3.63, 3.8) is 0 Å². The van der Waals surface area contributed by atoms with E-state index in [1.54, 1.807) is 17.0 Å². The normalized spacial score (nSPS) is 15.4. The van der Waals surface area contributed by atoms with Gasteiger partial charge in [0.15, 0.2) is 0 Å². The third-order valence-electron chi connectivity index (χ3n) is 4.87. The van der Waals surface area contributed by atoms with Crippen LogP contribution in [0.3, 0.4) is 0 Å². The highest BCUT2D eigenvalue weighted by Crippen LogP contribution is 2.22. The van der Waals surface area contributed by atoms with Crippen molar-refractivity contribution >= 4 is 6.03 Å². The van der Waals surface area contributed by atoms with E-state index in [4.69, 9.17) is 4.74 Å². The van der Waals surface area contributed by atoms with Gasteiger partial charge in [-0.2, -0.15) is 0 Å². The smallest absolute Gasteiger partial charge is 0.317 e. The second kappa shape index (κ2) is 8.39. The van der Waals surface area contributed by atoms with Gasteiger partial charge >= 0.3 is 6.03 Å². The summed E-state index contributed by atoms with van der Waals surface area (Å²) in [5.74, 6) is 0.328. The van der Waals surface area contributed by atoms with Gasteiger partial charge in [0.1, 0.15) is 17.7 Å². The zero-order valence-corrected chi connectivity index (χ0v) is 16.0. The Hall–Kier alpha value is -2.60. The van der Waals surface area contributed by atoms with Crippen LogP contribution in [0, 0.1) is 12.7 Å². The molecule has 3 rings (SSSR count). The fourth-order valence-corrected chi connectivity index (χ4v) is 3.21. The van der Waals surface area contributed by atoms with Gasteiger partial charge in [-0.15, -0.1) is 0 Å². The summed E-state index contributed by atoms with van der Waals surface area (Å²) in [6.07, 6.45) is -0.0535. The number of aryl methyl sites for hydroxylation is 1. The number of amides is 2. The third kappa shape index (κ3) is 4.77. The molecule has 0 bridgehead atoms. The SMILES string of the molecule is Cc1ccccc1C(CNC(=O)N1CC(Oc2ccc(F)cc2)C1)N(C)C. The number of nitrogens with one attached hydrogen (secondary N) is 1. The molecule has 6 heteroatoms. The van der Waals surface area contributed by atoms with Crippen molar-refractivity contribution in [1.29, 1.82) is 0 Å². The average Bonchev–Trinajstić information content (AvgIpc) is 2.60. The number of likely N-dealkylation sites (N-methyl/N-ethyl adjacent to an activating group) is 1. The third-order valence-corrected chi connectivity index (χ3v) is 4.87. The van der Waals surface area contributed by atoms with Crippen LogP contribution in [0.15, 0.2) is 48.5 Å². The zero-order chi connectivity index (χ0) is 19.4. The quantitative estimate of drug-likeness (QED) is 0.848. The van der Waals surface area contributed by atoms with Crippen molar-refractivity contribution < 1.29 is 13.9 Å². The van der Waals surface area contributed by atoms with Crippen LogP contribution in [-0.2, 0) is 0 Å². The number of benzene rings is 2. The summed E-state index contributed by atoms with van der Waals surface area (Å²) in [6.45, 7) is 3.68. The summed E-state index contributed by atoms with van der Waals surface area (Å²) in [5, 5.41) is 3.02. The van der Waals surface area contributed by atoms with Crippen LogP contribution in [0.2, 0.25) is 0 Å². The molecule has 1 atom stereocenters. The van der Waals surface area contributed by atoms with Gasteiger partial charge in [-0.1, -0.05) is 24.3 Å². The lowest BCUT2D eigenvalue weighted by Gasteiger charge is -2.39. The second-order valence-corrected chi connectivity index (χ2v) is 7.12. The van der Waals surface area contributed by atoms with Crippen LogP contribution in [0.5, 0.6) is 5.75 Å². The zero-order valence-electron chi connectivity index (χ0n) is 16.0. The summed E-state index contributed by atoms with van der Waals surface area (Å²) in [7, 11) is 4.03. The molecule has 0 radical (unpaired) electrons. The Labute approximate surface area is 159 Å². The summed E-state index contributed by atoms with van der Waals surface area (Å²) in [4.78, 5) is 16.2. The van der Waals surface area contributed by atoms with E-state index < -0.39 is 0 Å². The molecule has 1 N–H and O–H groups in total. The molecule has 1 saturated heterocycles. The van der Waals surface area contributed by atoms with Crippen molar-refractivity contribution in [2.45, 2.75) is 19.1 Å². The number of carbonyl (C=O) groups is 1. The van der Waals surface area contributed by atoms with Crippen LogP contribution in [0.4, 0.5) is 9.18 Å². The number of hydrogen-bond donors (Lipinski definition) is 1. The fraction of sp³-hybridized carbons (Fsp3) is 0.381. The van der Waals surface area contributed by atoms with Crippen LogP contribution < -0.4 is 10.1 Å². The highest BCUT2D eigenvalue weighted by Gasteiger charge is 2.32. The number of rotatable bonds is 6. The summed E-state index contributed by atoms with van der Waals surface area (Å²) in [5.41, 5.74) is 2.42. The minimum atomic E-state index is -0.291. The molecular formula is C21H26FN3O2. The molecule has 1 aliphatic rings. The molecule has 1 fully saturated rings. The van der Waals surface area contributed by atoms with E-state index >= 15 is 0 Å². The van der Waals surface area contributed by atoms with Crippen LogP contribution in [0.25, 0.3) is 0 Å². The number of carbonyl (C=O) groups excluding carboxylic acids is 1. The van der Waals surface area contributed by atoms with E-state index in [2.05, 4.69) is 29.3 Å². The van der Waals surface area contributed by atoms with E-state index in [1.807, 2.05) is 26.2 Å². The lowest BCUT2D eigenvalue weighted by Crippen LogP contribution is -2.59. The highest BCUT2D eigenvalue weighted by atomic mass is 19.1. The molecule has 1 unspecified atom stereocenters. The van der Waals surface area contributed by atoms with E-state index in [0.29, 0.717) is 25.4 Å². The van der Waals surface area contributed by atoms with Gasteiger partial charge in [-0.05, 0) is 56.4 Å². The second-order valence-electron chi connectivity index (χ2n) is 7.12. The summed E-state index contributed by atoms with van der Waals surface area (Å²) in [6, 6.07) is 14.2. The van der Waals surface area contributed by atoms with Crippen molar-refractivity contribution in [2.75, 3.05) is 33.7 Å². The van der Waals surface area contributed by atoms with E-state index in [1.165, 1.54) is 23.3 Å². The monoisotopic (exact) mass is 371 g/mol. The van der Waals surface area contributed by atoms with Crippen molar-refractivity contribution in [3.05, 3.63) is 65.5 Å². The Morgan fingerprint density at radius 1 is 1.22 bits per heavy atom. The first kappa shape index (κ1) is 19.2. The van der Waals surface area contributed by atoms with Gasteiger partial charge in [0.2, 0.25) is 0 Å². The van der Waals surface area contributed by atoms with Gasteiger partial charge in [0.25, 0.3) is 0 Å². The van der Waals surface area contributed by atoms with Gasteiger partial charge in [-0.25, -0.2) is 9.18 Å². The predicted octanol–water partition coefficient (Wildman–Crippen LogP) is 3.21. The van der Waals surface area contributed by atoms with Crippen molar-refractivity contribution in [3.8, 4) is 5.75 Å². The molecule has 2 aromatic rings. The molecule has 27 heavy (non-hydrogen) atoms. The summed E-state index contributed by atoms with van der Waals surface area (Å²) < 4.78 is 18.7. The Morgan fingerprint density at radius 3 is 2.52 bits per heavy atom. The van der Waals surface area contributed by atoms with Crippen molar-refractivity contribution in [2.24, 2.45) is 0 Å². The lowest BCUT2D eigenvalue weighted by molar-refractivity contribution is 0.0439. The largest absolute Gasteiger partial charge is 0.487 e. The van der Waals surface area contributed by atoms with E-state index in [0.717, 1.165) is 0 Å². The topological polar surface area (TPSA) is 44.8 Å². The molecule has 0 saturated carbocycles. The number of urea groups is 1. The molecular weight excluding hydrogens is 345 g/mol. The molecule has 2 aromatic carbocycles. The number of ether oxygens (including phenoxy) is 1. The molecule has 144 valence electrons. The van der Waals surface area contributed by atoms with Gasteiger partial charge in [0, 0.05) is 6.54 Å². The number of halogens is 1. The highest BCUT2D eigenvalue weighted by molar-refractivity contribution is 5.75. The number of nitrogens with zero attached hydrogens (tertiary/aromatic N) is 2. The first-order valence-electron chi connectivity index (χ1n) is 9.11. The van der Waals surface area contributed by atoms with Gasteiger partial charge in [0.05, 0.1) is 19.1 Å². The maximum absolute atomic E-state index is 12.9. The molecule has 5 nitrogen and oxygen atoms in total. The predicted molar refractivity (Wildman–Crippen MR) is 103 cm³/mol. The van der Waals surface area contributed by atoms with E-state index in [-0.39, 0.29) is 24.0 Å². The minimum absolute atomic E-state index is 0.0535. The Morgan fingerprint density at radius 2 is 1.89 bits per heavy atom. The lowest BCUT2D eigenvalue weighted by atomic mass is 10.0. The van der Waals surface area contributed by atoms with Crippen LogP contribution in [0.1, 0.15) is 17.2 Å². The van der Waals surface area contributed by atoms with Gasteiger partial charge in [-0.3, -0.25) is 0 Å². The van der Waals surface area contributed by atoms with Crippen LogP contribution >= 0.6 is 0 Å². The Balaban J connectivity index is 1.48. The molecule has 2 amide bonds. The molecule has 1 aliphatic heterocycles. The van der Waals surface area contributed by atoms with Crippen molar-refractivity contribution in [1.82, 2.24) is 15.1 Å². The maximum atomic E-state index is 12.9. The first-order chi connectivity index (χ1) is 12.9. The number of likely N-dealkylation sites (tertiary alicyclic amines) is 1. The standard InChI is InChI=1S/C21H26FN3O2/c1-15-6-4-5-7-19(15)20(24(2)3)12-23-21(26)25-13-18(14-25)27-17-10-8-16(22)9-11-17/h4-11,18,20H,12-14H2,1-3H3,(H,23,26). The Bertz CT molecular complexity index is 773. The van der Waals surface area contributed by atoms with E-state index in [9.17, 15) is 9.18 Å². The fourth-order valence-electron chi connectivity index (χ4n) is 3.21.